The first-order valence-corrected chi connectivity index (χ1v) is 8.39. The second kappa shape index (κ2) is 6.25. The number of anilines is 1. The van der Waals surface area contributed by atoms with E-state index < -0.39 is 0 Å². The molecule has 2 aromatic carbocycles. The molecule has 0 amide bonds. The van der Waals surface area contributed by atoms with Crippen LogP contribution in [-0.4, -0.2) is 18.1 Å². The van der Waals surface area contributed by atoms with Crippen LogP contribution in [0.5, 0.6) is 0 Å². The molecule has 0 radical (unpaired) electrons. The third-order valence-electron chi connectivity index (χ3n) is 4.64. The zero-order valence-corrected chi connectivity index (χ0v) is 13.5. The summed E-state index contributed by atoms with van der Waals surface area (Å²) in [5, 5.41) is 9.44. The summed E-state index contributed by atoms with van der Waals surface area (Å²) in [6.45, 7) is 2.06. The van der Waals surface area contributed by atoms with Gasteiger partial charge in [-0.05, 0) is 35.6 Å². The highest BCUT2D eigenvalue weighted by molar-refractivity contribution is 5.72. The number of hydrogen-bond acceptors (Lipinski definition) is 2. The van der Waals surface area contributed by atoms with E-state index in [0.717, 1.165) is 35.7 Å². The molecule has 1 saturated heterocycles. The van der Waals surface area contributed by atoms with Gasteiger partial charge in [-0.15, -0.1) is 0 Å². The minimum Gasteiger partial charge on any atom is -0.357 e. The van der Waals surface area contributed by atoms with E-state index in [1.54, 1.807) is 0 Å². The molecule has 0 saturated carbocycles. The van der Waals surface area contributed by atoms with Crippen LogP contribution in [0.1, 0.15) is 18.4 Å². The minimum absolute atomic E-state index is 0.735. The van der Waals surface area contributed by atoms with Crippen molar-refractivity contribution < 1.29 is 0 Å². The quantitative estimate of drug-likeness (QED) is 0.753. The molecule has 0 bridgehead atoms. The maximum Gasteiger partial charge on any atom is 0.124 e. The lowest BCUT2D eigenvalue weighted by Crippen LogP contribution is -2.18. The second-order valence-corrected chi connectivity index (χ2v) is 6.19. The Labute approximate surface area is 142 Å². The number of nitrogens with one attached hydrogen (secondary N) is 1. The molecule has 1 aliphatic heterocycles. The van der Waals surface area contributed by atoms with E-state index in [1.807, 2.05) is 12.1 Å². The fourth-order valence-electron chi connectivity index (χ4n) is 3.35. The predicted octanol–water partition coefficient (Wildman–Crippen LogP) is 4.82. The number of benzene rings is 2. The third kappa shape index (κ3) is 2.68. The molecule has 0 atom stereocenters. The van der Waals surface area contributed by atoms with Crippen molar-refractivity contribution in [2.24, 2.45) is 0 Å². The smallest absolute Gasteiger partial charge is 0.124 e. The van der Waals surface area contributed by atoms with Crippen LogP contribution < -0.4 is 4.90 Å². The van der Waals surface area contributed by atoms with Crippen LogP contribution in [0.15, 0.2) is 60.7 Å². The lowest BCUT2D eigenvalue weighted by molar-refractivity contribution is 0.944. The number of H-pyrrole nitrogens is 1. The minimum atomic E-state index is 0.735. The number of nitrogens with zero attached hydrogens (tertiary/aromatic N) is 2. The van der Waals surface area contributed by atoms with Crippen LogP contribution in [-0.2, 0) is 0 Å². The van der Waals surface area contributed by atoms with Gasteiger partial charge in [-0.2, -0.15) is 5.26 Å². The zero-order chi connectivity index (χ0) is 16.4. The first kappa shape index (κ1) is 14.6. The molecule has 4 rings (SSSR count). The van der Waals surface area contributed by atoms with Crippen molar-refractivity contribution in [3.8, 4) is 28.5 Å². The highest BCUT2D eigenvalue weighted by Crippen LogP contribution is 2.30. The molecule has 1 fully saturated rings. The Kier molecular flexibility index (Phi) is 3.80. The number of aromatic nitrogens is 1. The van der Waals surface area contributed by atoms with Crippen LogP contribution >= 0.6 is 0 Å². The number of rotatable bonds is 3. The molecule has 3 nitrogen and oxygen atoms in total. The third-order valence-corrected chi connectivity index (χ3v) is 4.64. The summed E-state index contributed by atoms with van der Waals surface area (Å²) in [7, 11) is 0. The van der Waals surface area contributed by atoms with Crippen molar-refractivity contribution in [3.05, 3.63) is 66.2 Å². The topological polar surface area (TPSA) is 42.8 Å². The highest BCUT2D eigenvalue weighted by Gasteiger charge is 2.19. The van der Waals surface area contributed by atoms with E-state index in [0.29, 0.717) is 0 Å². The number of aromatic amines is 1. The standard InChI is InChI=1S/C21H19N3/c22-15-19-14-20(23-21(19)24-12-4-5-13-24)18-10-8-17(9-11-18)16-6-2-1-3-7-16/h1-3,6-11,14,23H,4-5,12-13H2. The summed E-state index contributed by atoms with van der Waals surface area (Å²) in [6, 6.07) is 23.1. The molecule has 0 spiro atoms. The van der Waals surface area contributed by atoms with Gasteiger partial charge < -0.3 is 9.88 Å². The average molecular weight is 313 g/mol. The Hall–Kier alpha value is -2.99. The highest BCUT2D eigenvalue weighted by atomic mass is 15.2. The van der Waals surface area contributed by atoms with Gasteiger partial charge in [-0.1, -0.05) is 54.6 Å². The Morgan fingerprint density at radius 3 is 2.12 bits per heavy atom. The summed E-state index contributed by atoms with van der Waals surface area (Å²) >= 11 is 0. The van der Waals surface area contributed by atoms with E-state index >= 15 is 0 Å². The molecular formula is C21H19N3. The lowest BCUT2D eigenvalue weighted by Gasteiger charge is -2.15. The molecule has 0 unspecified atom stereocenters. The zero-order valence-electron chi connectivity index (χ0n) is 13.5. The Morgan fingerprint density at radius 2 is 1.46 bits per heavy atom. The fraction of sp³-hybridized carbons (Fsp3) is 0.190. The monoisotopic (exact) mass is 313 g/mol. The van der Waals surface area contributed by atoms with E-state index in [9.17, 15) is 5.26 Å². The van der Waals surface area contributed by atoms with Crippen LogP contribution in [0.25, 0.3) is 22.4 Å². The Balaban J connectivity index is 1.65. The summed E-state index contributed by atoms with van der Waals surface area (Å²) in [5.74, 6) is 0.970. The first-order chi connectivity index (χ1) is 11.8. The van der Waals surface area contributed by atoms with Gasteiger partial charge in [0.25, 0.3) is 0 Å². The van der Waals surface area contributed by atoms with Crippen molar-refractivity contribution in [3.63, 3.8) is 0 Å². The van der Waals surface area contributed by atoms with Crippen molar-refractivity contribution in [2.75, 3.05) is 18.0 Å². The van der Waals surface area contributed by atoms with Crippen LogP contribution in [0.2, 0.25) is 0 Å². The number of hydrogen-bond donors (Lipinski definition) is 1. The van der Waals surface area contributed by atoms with E-state index in [2.05, 4.69) is 64.5 Å². The van der Waals surface area contributed by atoms with Gasteiger partial charge in [-0.3, -0.25) is 0 Å². The van der Waals surface area contributed by atoms with E-state index in [-0.39, 0.29) is 0 Å². The maximum absolute atomic E-state index is 9.44. The van der Waals surface area contributed by atoms with Crippen LogP contribution in [0.4, 0.5) is 5.82 Å². The first-order valence-electron chi connectivity index (χ1n) is 8.39. The maximum atomic E-state index is 9.44. The number of nitriles is 1. The summed E-state index contributed by atoms with van der Waals surface area (Å²) < 4.78 is 0. The largest absolute Gasteiger partial charge is 0.357 e. The molecule has 118 valence electrons. The van der Waals surface area contributed by atoms with Crippen LogP contribution in [0.3, 0.4) is 0 Å². The molecule has 1 N–H and O–H groups in total. The predicted molar refractivity (Wildman–Crippen MR) is 97.8 cm³/mol. The molecule has 1 aliphatic rings. The Bertz CT molecular complexity index is 864. The van der Waals surface area contributed by atoms with Crippen molar-refractivity contribution >= 4 is 5.82 Å². The molecule has 2 heterocycles. The summed E-state index contributed by atoms with van der Waals surface area (Å²) in [4.78, 5) is 5.73. The van der Waals surface area contributed by atoms with Gasteiger partial charge in [0.1, 0.15) is 11.9 Å². The van der Waals surface area contributed by atoms with Crippen molar-refractivity contribution in [1.29, 1.82) is 5.26 Å². The van der Waals surface area contributed by atoms with Gasteiger partial charge in [0.15, 0.2) is 0 Å². The van der Waals surface area contributed by atoms with E-state index in [4.69, 9.17) is 0 Å². The van der Waals surface area contributed by atoms with Gasteiger partial charge in [-0.25, -0.2) is 0 Å². The Morgan fingerprint density at radius 1 is 0.833 bits per heavy atom. The molecule has 3 heteroatoms. The molecule has 3 aromatic rings. The molecule has 0 aliphatic carbocycles. The van der Waals surface area contributed by atoms with Crippen LogP contribution in [0, 0.1) is 11.3 Å². The fourth-order valence-corrected chi connectivity index (χ4v) is 3.35. The molecular weight excluding hydrogens is 294 g/mol. The average Bonchev–Trinajstić information content (AvgIpc) is 3.32. The molecule has 24 heavy (non-hydrogen) atoms. The summed E-state index contributed by atoms with van der Waals surface area (Å²) in [5.41, 5.74) is 5.26. The SMILES string of the molecule is N#Cc1cc(-c2ccc(-c3ccccc3)cc2)[nH]c1N1CCCC1. The van der Waals surface area contributed by atoms with Gasteiger partial charge in [0.05, 0.1) is 5.56 Å². The normalized spacial score (nSPS) is 13.9. The van der Waals surface area contributed by atoms with Crippen molar-refractivity contribution in [2.45, 2.75) is 12.8 Å². The van der Waals surface area contributed by atoms with Crippen molar-refractivity contribution in [1.82, 2.24) is 4.98 Å². The van der Waals surface area contributed by atoms with Gasteiger partial charge in [0, 0.05) is 18.8 Å². The van der Waals surface area contributed by atoms with Gasteiger partial charge in [0.2, 0.25) is 0 Å². The lowest BCUT2D eigenvalue weighted by atomic mass is 10.0. The van der Waals surface area contributed by atoms with Gasteiger partial charge >= 0.3 is 0 Å². The molecule has 1 aromatic heterocycles. The van der Waals surface area contributed by atoms with E-state index in [1.165, 1.54) is 24.0 Å². The second-order valence-electron chi connectivity index (χ2n) is 6.19. The summed E-state index contributed by atoms with van der Waals surface area (Å²) in [6.07, 6.45) is 2.40.